The molecule has 1 saturated carbocycles. The minimum Gasteiger partial charge on any atom is -0.335 e. The Kier molecular flexibility index (Phi) is 4.84. The van der Waals surface area contributed by atoms with E-state index in [1.807, 2.05) is 0 Å². The molecule has 3 aliphatic heterocycles. The van der Waals surface area contributed by atoms with Crippen LogP contribution in [0.5, 0.6) is 0 Å². The van der Waals surface area contributed by atoms with Gasteiger partial charge in [0, 0.05) is 24.8 Å². The van der Waals surface area contributed by atoms with E-state index in [0.29, 0.717) is 18.0 Å². The molecule has 4 aliphatic rings. The van der Waals surface area contributed by atoms with Crippen LogP contribution in [0.25, 0.3) is 0 Å². The Labute approximate surface area is 128 Å². The Morgan fingerprint density at radius 3 is 2.71 bits per heavy atom. The molecule has 3 saturated heterocycles. The Balaban J connectivity index is 1.41. The van der Waals surface area contributed by atoms with Gasteiger partial charge in [-0.15, -0.1) is 6.58 Å². The molecule has 3 heterocycles. The molecule has 0 aromatic rings. The van der Waals surface area contributed by atoms with Gasteiger partial charge in [0.15, 0.2) is 0 Å². The van der Waals surface area contributed by atoms with Crippen molar-refractivity contribution in [1.82, 2.24) is 10.6 Å². The van der Waals surface area contributed by atoms with Crippen LogP contribution < -0.4 is 15.5 Å². The molecule has 4 nitrogen and oxygen atoms in total. The van der Waals surface area contributed by atoms with E-state index in [-0.39, 0.29) is 6.03 Å². The van der Waals surface area contributed by atoms with Crippen LogP contribution in [0.1, 0.15) is 44.9 Å². The lowest BCUT2D eigenvalue weighted by Crippen LogP contribution is -3.20. The lowest BCUT2D eigenvalue weighted by Gasteiger charge is -2.46. The molecule has 4 heteroatoms. The standard InChI is InChI=1S/C17H29N3O/c1-2-13-12-20-9-8-14(13)10-16(20)11-18-17(21)19-15-6-4-3-5-7-15/h2,13-16H,1,3-12H2,(H2,18,19,21)/p+1/t13-,14+,16+/m0/s1. The molecule has 4 fully saturated rings. The predicted octanol–water partition coefficient (Wildman–Crippen LogP) is 1.10. The van der Waals surface area contributed by atoms with Crippen LogP contribution in [-0.4, -0.2) is 37.7 Å². The summed E-state index contributed by atoms with van der Waals surface area (Å²) in [5.41, 5.74) is 0. The van der Waals surface area contributed by atoms with E-state index in [1.54, 1.807) is 4.90 Å². The van der Waals surface area contributed by atoms with Crippen LogP contribution in [-0.2, 0) is 0 Å². The summed E-state index contributed by atoms with van der Waals surface area (Å²) in [7, 11) is 0. The van der Waals surface area contributed by atoms with Gasteiger partial charge in [-0.3, -0.25) is 0 Å². The van der Waals surface area contributed by atoms with Crippen molar-refractivity contribution < 1.29 is 9.69 Å². The van der Waals surface area contributed by atoms with Crippen molar-refractivity contribution in [3.63, 3.8) is 0 Å². The first kappa shape index (κ1) is 14.9. The molecule has 21 heavy (non-hydrogen) atoms. The number of urea groups is 1. The van der Waals surface area contributed by atoms with Crippen molar-refractivity contribution >= 4 is 6.03 Å². The van der Waals surface area contributed by atoms with E-state index >= 15 is 0 Å². The van der Waals surface area contributed by atoms with Gasteiger partial charge < -0.3 is 15.5 Å². The summed E-state index contributed by atoms with van der Waals surface area (Å²) in [5.74, 6) is 1.49. The zero-order valence-corrected chi connectivity index (χ0v) is 13.1. The Bertz CT molecular complexity index is 378. The smallest absolute Gasteiger partial charge is 0.315 e. The number of carbonyl (C=O) groups is 1. The van der Waals surface area contributed by atoms with Gasteiger partial charge in [-0.05, 0) is 18.8 Å². The monoisotopic (exact) mass is 292 g/mol. The molecule has 4 atom stereocenters. The summed E-state index contributed by atoms with van der Waals surface area (Å²) >= 11 is 0. The third-order valence-corrected chi connectivity index (χ3v) is 5.86. The molecule has 118 valence electrons. The van der Waals surface area contributed by atoms with E-state index < -0.39 is 0 Å². The van der Waals surface area contributed by atoms with Gasteiger partial charge >= 0.3 is 6.03 Å². The number of fused-ring (bicyclic) bond motifs is 3. The van der Waals surface area contributed by atoms with Crippen LogP contribution in [0.15, 0.2) is 12.7 Å². The Morgan fingerprint density at radius 2 is 2.05 bits per heavy atom. The van der Waals surface area contributed by atoms with Crippen LogP contribution >= 0.6 is 0 Å². The minimum absolute atomic E-state index is 0.0456. The Morgan fingerprint density at radius 1 is 1.24 bits per heavy atom. The molecule has 0 radical (unpaired) electrons. The van der Waals surface area contributed by atoms with Gasteiger partial charge in [0.25, 0.3) is 0 Å². The topological polar surface area (TPSA) is 45.6 Å². The molecule has 0 aromatic heterocycles. The maximum atomic E-state index is 12.0. The second-order valence-corrected chi connectivity index (χ2v) is 7.18. The summed E-state index contributed by atoms with van der Waals surface area (Å²) < 4.78 is 0. The first-order valence-corrected chi connectivity index (χ1v) is 8.77. The summed E-state index contributed by atoms with van der Waals surface area (Å²) in [4.78, 5) is 13.7. The lowest BCUT2D eigenvalue weighted by molar-refractivity contribution is -0.944. The van der Waals surface area contributed by atoms with Crippen molar-refractivity contribution in [3.05, 3.63) is 12.7 Å². The van der Waals surface area contributed by atoms with Crippen molar-refractivity contribution in [2.45, 2.75) is 57.0 Å². The fourth-order valence-corrected chi connectivity index (χ4v) is 4.55. The van der Waals surface area contributed by atoms with Crippen molar-refractivity contribution in [1.29, 1.82) is 0 Å². The SMILES string of the molecule is C=C[C@H]1C[NH+]2CC[C@@H]1C[C@@H]2CNC(=O)NC1CCCCC1. The molecule has 2 bridgehead atoms. The van der Waals surface area contributed by atoms with Gasteiger partial charge in [0.2, 0.25) is 0 Å². The largest absolute Gasteiger partial charge is 0.335 e. The fourth-order valence-electron chi connectivity index (χ4n) is 4.55. The number of hydrogen-bond acceptors (Lipinski definition) is 1. The number of carbonyl (C=O) groups excluding carboxylic acids is 1. The molecule has 1 unspecified atom stereocenters. The predicted molar refractivity (Wildman–Crippen MR) is 84.3 cm³/mol. The highest BCUT2D eigenvalue weighted by Gasteiger charge is 2.42. The average molecular weight is 292 g/mol. The second-order valence-electron chi connectivity index (χ2n) is 7.18. The molecular weight excluding hydrogens is 262 g/mol. The highest BCUT2D eigenvalue weighted by Crippen LogP contribution is 2.27. The van der Waals surface area contributed by atoms with Gasteiger partial charge in [-0.1, -0.05) is 25.3 Å². The van der Waals surface area contributed by atoms with Crippen LogP contribution in [0, 0.1) is 11.8 Å². The number of nitrogens with one attached hydrogen (secondary N) is 3. The quantitative estimate of drug-likeness (QED) is 0.668. The number of amides is 2. The minimum atomic E-state index is 0.0456. The van der Waals surface area contributed by atoms with Gasteiger partial charge in [-0.2, -0.15) is 0 Å². The summed E-state index contributed by atoms with van der Waals surface area (Å²) in [6.45, 7) is 7.28. The Hall–Kier alpha value is -1.03. The third-order valence-electron chi connectivity index (χ3n) is 5.86. The third kappa shape index (κ3) is 3.60. The van der Waals surface area contributed by atoms with Crippen LogP contribution in [0.2, 0.25) is 0 Å². The van der Waals surface area contributed by atoms with E-state index in [0.717, 1.165) is 25.3 Å². The van der Waals surface area contributed by atoms with Crippen molar-refractivity contribution in [3.8, 4) is 0 Å². The molecule has 2 amide bonds. The molecule has 4 rings (SSSR count). The summed E-state index contributed by atoms with van der Waals surface area (Å²) in [6, 6.07) is 1.06. The molecular formula is C17H30N3O+. The first-order valence-electron chi connectivity index (χ1n) is 8.77. The summed E-state index contributed by atoms with van der Waals surface area (Å²) in [5, 5.41) is 6.27. The van der Waals surface area contributed by atoms with E-state index in [2.05, 4.69) is 23.3 Å². The number of hydrogen-bond donors (Lipinski definition) is 3. The van der Waals surface area contributed by atoms with Crippen LogP contribution in [0.3, 0.4) is 0 Å². The highest BCUT2D eigenvalue weighted by molar-refractivity contribution is 5.74. The van der Waals surface area contributed by atoms with Gasteiger partial charge in [-0.25, -0.2) is 4.79 Å². The maximum absolute atomic E-state index is 12.0. The zero-order valence-electron chi connectivity index (χ0n) is 13.1. The molecule has 3 N–H and O–H groups in total. The normalized spacial score (nSPS) is 36.2. The number of rotatable bonds is 4. The maximum Gasteiger partial charge on any atom is 0.315 e. The second kappa shape index (κ2) is 6.82. The fraction of sp³-hybridized carbons (Fsp3) is 0.824. The molecule has 0 aromatic carbocycles. The van der Waals surface area contributed by atoms with Gasteiger partial charge in [0.1, 0.15) is 6.04 Å². The van der Waals surface area contributed by atoms with E-state index in [4.69, 9.17) is 0 Å². The van der Waals surface area contributed by atoms with Crippen LogP contribution in [0.4, 0.5) is 4.79 Å². The van der Waals surface area contributed by atoms with Crippen molar-refractivity contribution in [2.24, 2.45) is 11.8 Å². The number of quaternary nitrogens is 1. The average Bonchev–Trinajstić information content (AvgIpc) is 2.54. The van der Waals surface area contributed by atoms with E-state index in [9.17, 15) is 4.79 Å². The zero-order chi connectivity index (χ0) is 14.7. The first-order chi connectivity index (χ1) is 10.3. The highest BCUT2D eigenvalue weighted by atomic mass is 16.2. The lowest BCUT2D eigenvalue weighted by atomic mass is 9.75. The van der Waals surface area contributed by atoms with Crippen molar-refractivity contribution in [2.75, 3.05) is 19.6 Å². The summed E-state index contributed by atoms with van der Waals surface area (Å²) in [6.07, 6.45) is 10.9. The van der Waals surface area contributed by atoms with E-state index in [1.165, 1.54) is 45.2 Å². The molecule has 0 spiro atoms. The van der Waals surface area contributed by atoms with Gasteiger partial charge in [0.05, 0.1) is 19.6 Å². The molecule has 1 aliphatic carbocycles. The number of piperidine rings is 3.